The molecule has 0 aliphatic heterocycles. The van der Waals surface area contributed by atoms with E-state index in [2.05, 4.69) is 9.71 Å². The zero-order valence-electron chi connectivity index (χ0n) is 15.3. The van der Waals surface area contributed by atoms with Gasteiger partial charge in [0.05, 0.1) is 16.5 Å². The number of allylic oxidation sites excluding steroid dienone is 1. The van der Waals surface area contributed by atoms with Crippen LogP contribution in [0.4, 0.5) is 5.69 Å². The topological polar surface area (TPSA) is 89.3 Å². The average Bonchev–Trinajstić information content (AvgIpc) is 3.32. The van der Waals surface area contributed by atoms with Crippen molar-refractivity contribution >= 4 is 49.1 Å². The van der Waals surface area contributed by atoms with Crippen molar-refractivity contribution in [2.75, 3.05) is 11.0 Å². The number of nitrogens with zero attached hydrogens (tertiary/aromatic N) is 1. The average molecular weight is 425 g/mol. The molecular weight excluding hydrogens is 408 g/mol. The van der Waals surface area contributed by atoms with Crippen molar-refractivity contribution in [1.29, 1.82) is 0 Å². The molecule has 0 radical (unpaired) electrons. The molecule has 6 nitrogen and oxygen atoms in total. The van der Waals surface area contributed by atoms with Gasteiger partial charge in [0.2, 0.25) is 10.0 Å². The summed E-state index contributed by atoms with van der Waals surface area (Å²) in [5.41, 5.74) is 1.77. The molecule has 0 aliphatic rings. The second kappa shape index (κ2) is 7.65. The molecule has 0 saturated carbocycles. The Morgan fingerprint density at radius 3 is 2.55 bits per heavy atom. The number of fused-ring (bicyclic) bond motifs is 1. The van der Waals surface area contributed by atoms with E-state index in [9.17, 15) is 13.2 Å². The second-order valence-electron chi connectivity index (χ2n) is 6.34. The number of rotatable bonds is 6. The molecule has 0 aliphatic carbocycles. The monoisotopic (exact) mass is 424 g/mol. The van der Waals surface area contributed by atoms with Gasteiger partial charge in [0.15, 0.2) is 16.6 Å². The zero-order valence-corrected chi connectivity index (χ0v) is 17.0. The molecule has 0 atom stereocenters. The fourth-order valence-corrected chi connectivity index (χ4v) is 4.20. The lowest BCUT2D eigenvalue weighted by atomic mass is 10.1. The van der Waals surface area contributed by atoms with Crippen LogP contribution in [0.25, 0.3) is 27.1 Å². The van der Waals surface area contributed by atoms with Crippen LogP contribution in [0.15, 0.2) is 71.2 Å². The molecule has 8 heteroatoms. The predicted molar refractivity (Wildman–Crippen MR) is 116 cm³/mol. The van der Waals surface area contributed by atoms with Crippen molar-refractivity contribution in [1.82, 2.24) is 4.98 Å². The molecule has 2 aromatic carbocycles. The van der Waals surface area contributed by atoms with Gasteiger partial charge < -0.3 is 4.42 Å². The lowest BCUT2D eigenvalue weighted by Gasteiger charge is -2.03. The predicted octanol–water partition coefficient (Wildman–Crippen LogP) is 4.82. The summed E-state index contributed by atoms with van der Waals surface area (Å²) < 4.78 is 31.7. The molecule has 146 valence electrons. The standard InChI is InChI=1S/C21H16N2O4S2/c1-29(25,26)23-15-8-6-14(7-9-15)18(24)12-10-16-11-13-19(27-16)21-22-17-4-2-3-5-20(17)28-21/h2-13,23H,1H3. The summed E-state index contributed by atoms with van der Waals surface area (Å²) in [5.74, 6) is 0.978. The van der Waals surface area contributed by atoms with E-state index < -0.39 is 10.0 Å². The highest BCUT2D eigenvalue weighted by atomic mass is 32.2. The maximum atomic E-state index is 12.3. The van der Waals surface area contributed by atoms with Crippen molar-refractivity contribution in [2.45, 2.75) is 0 Å². The Labute approximate surface area is 171 Å². The van der Waals surface area contributed by atoms with Crippen molar-refractivity contribution in [2.24, 2.45) is 0 Å². The van der Waals surface area contributed by atoms with Crippen LogP contribution in [0, 0.1) is 0 Å². The third-order valence-corrected chi connectivity index (χ3v) is 5.66. The summed E-state index contributed by atoms with van der Waals surface area (Å²) in [5, 5.41) is 0.783. The van der Waals surface area contributed by atoms with Gasteiger partial charge in [0.25, 0.3) is 0 Å². The van der Waals surface area contributed by atoms with Gasteiger partial charge in [-0.25, -0.2) is 13.4 Å². The van der Waals surface area contributed by atoms with Crippen LogP contribution < -0.4 is 4.72 Å². The van der Waals surface area contributed by atoms with E-state index in [1.54, 1.807) is 47.7 Å². The summed E-state index contributed by atoms with van der Waals surface area (Å²) in [4.78, 5) is 16.9. The minimum absolute atomic E-state index is 0.214. The number of furan rings is 1. The Balaban J connectivity index is 1.47. The number of benzene rings is 2. The number of thiazole rings is 1. The number of aromatic nitrogens is 1. The van der Waals surface area contributed by atoms with Crippen molar-refractivity contribution in [3.63, 3.8) is 0 Å². The van der Waals surface area contributed by atoms with Crippen LogP contribution in [0.2, 0.25) is 0 Å². The minimum atomic E-state index is -3.35. The Bertz CT molecular complexity index is 1280. The van der Waals surface area contributed by atoms with Gasteiger partial charge in [-0.15, -0.1) is 11.3 Å². The van der Waals surface area contributed by atoms with Crippen molar-refractivity contribution < 1.29 is 17.6 Å². The lowest BCUT2D eigenvalue weighted by Crippen LogP contribution is -2.09. The molecular formula is C21H16N2O4S2. The Kier molecular flexibility index (Phi) is 5.04. The highest BCUT2D eigenvalue weighted by molar-refractivity contribution is 7.92. The van der Waals surface area contributed by atoms with Crippen LogP contribution in [-0.2, 0) is 10.0 Å². The number of carbonyl (C=O) groups excluding carboxylic acids is 1. The maximum Gasteiger partial charge on any atom is 0.229 e. The summed E-state index contributed by atoms with van der Waals surface area (Å²) >= 11 is 1.55. The zero-order chi connectivity index (χ0) is 20.4. The summed E-state index contributed by atoms with van der Waals surface area (Å²) in [6, 6.07) is 17.7. The van der Waals surface area contributed by atoms with Crippen LogP contribution in [0.5, 0.6) is 0 Å². The Hall–Kier alpha value is -3.23. The number of anilines is 1. The van der Waals surface area contributed by atoms with Crippen LogP contribution in [0.3, 0.4) is 0 Å². The van der Waals surface area contributed by atoms with Gasteiger partial charge >= 0.3 is 0 Å². The molecule has 0 unspecified atom stereocenters. The number of hydrogen-bond acceptors (Lipinski definition) is 6. The van der Waals surface area contributed by atoms with E-state index in [0.29, 0.717) is 22.8 Å². The number of hydrogen-bond donors (Lipinski definition) is 1. The normalized spacial score (nSPS) is 11.9. The molecule has 2 heterocycles. The first-order valence-corrected chi connectivity index (χ1v) is 11.3. The van der Waals surface area contributed by atoms with Gasteiger partial charge in [0, 0.05) is 11.3 Å². The number of nitrogens with one attached hydrogen (secondary N) is 1. The summed E-state index contributed by atoms with van der Waals surface area (Å²) in [6.07, 6.45) is 4.09. The largest absolute Gasteiger partial charge is 0.454 e. The number of sulfonamides is 1. The fourth-order valence-electron chi connectivity index (χ4n) is 2.71. The van der Waals surface area contributed by atoms with Crippen molar-refractivity contribution in [3.8, 4) is 10.8 Å². The lowest BCUT2D eigenvalue weighted by molar-refractivity contribution is 0.104. The first-order valence-electron chi connectivity index (χ1n) is 8.63. The minimum Gasteiger partial charge on any atom is -0.454 e. The molecule has 4 aromatic rings. The third kappa shape index (κ3) is 4.61. The molecule has 4 rings (SSSR count). The Morgan fingerprint density at radius 1 is 1.07 bits per heavy atom. The van der Waals surface area contributed by atoms with Crippen molar-refractivity contribution in [3.05, 3.63) is 78.1 Å². The molecule has 29 heavy (non-hydrogen) atoms. The van der Waals surface area contributed by atoms with Crippen LogP contribution in [0.1, 0.15) is 16.1 Å². The second-order valence-corrected chi connectivity index (χ2v) is 9.12. The number of para-hydroxylation sites is 1. The highest BCUT2D eigenvalue weighted by Gasteiger charge is 2.10. The van der Waals surface area contributed by atoms with Gasteiger partial charge in [0.1, 0.15) is 5.76 Å². The van der Waals surface area contributed by atoms with Crippen LogP contribution >= 0.6 is 11.3 Å². The van der Waals surface area contributed by atoms with E-state index in [0.717, 1.165) is 21.5 Å². The molecule has 0 amide bonds. The molecule has 1 N–H and O–H groups in total. The van der Waals surface area contributed by atoms with E-state index in [-0.39, 0.29) is 5.78 Å². The van der Waals surface area contributed by atoms with E-state index in [4.69, 9.17) is 4.42 Å². The van der Waals surface area contributed by atoms with Crippen LogP contribution in [-0.4, -0.2) is 25.4 Å². The van der Waals surface area contributed by atoms with Gasteiger partial charge in [-0.05, 0) is 60.7 Å². The molecule has 0 spiro atoms. The molecule has 0 fully saturated rings. The van der Waals surface area contributed by atoms with E-state index >= 15 is 0 Å². The maximum absolute atomic E-state index is 12.3. The first kappa shape index (κ1) is 19.1. The highest BCUT2D eigenvalue weighted by Crippen LogP contribution is 2.31. The molecule has 0 bridgehead atoms. The number of ketones is 1. The van der Waals surface area contributed by atoms with E-state index in [1.807, 2.05) is 30.3 Å². The molecule has 0 saturated heterocycles. The van der Waals surface area contributed by atoms with E-state index in [1.165, 1.54) is 6.08 Å². The Morgan fingerprint density at radius 2 is 1.83 bits per heavy atom. The van der Waals surface area contributed by atoms with Gasteiger partial charge in [-0.2, -0.15) is 0 Å². The fraction of sp³-hybridized carbons (Fsp3) is 0.0476. The summed E-state index contributed by atoms with van der Waals surface area (Å²) in [7, 11) is -3.35. The first-order chi connectivity index (χ1) is 13.9. The summed E-state index contributed by atoms with van der Waals surface area (Å²) in [6.45, 7) is 0. The molecule has 2 aromatic heterocycles. The number of carbonyl (C=O) groups is 1. The SMILES string of the molecule is CS(=O)(=O)Nc1ccc(C(=O)C=Cc2ccc(-c3nc4ccccc4s3)o2)cc1. The quantitative estimate of drug-likeness (QED) is 0.354. The van der Waals surface area contributed by atoms with Gasteiger partial charge in [-0.3, -0.25) is 9.52 Å². The van der Waals surface area contributed by atoms with Gasteiger partial charge in [-0.1, -0.05) is 12.1 Å². The smallest absolute Gasteiger partial charge is 0.229 e. The third-order valence-electron chi connectivity index (χ3n) is 4.00.